The van der Waals surface area contributed by atoms with Crippen molar-refractivity contribution in [2.24, 2.45) is 5.92 Å². The van der Waals surface area contributed by atoms with Gasteiger partial charge in [-0.3, -0.25) is 0 Å². The Balaban J connectivity index is 1.56. The maximum Gasteiger partial charge on any atom is 0.416 e. The van der Waals surface area contributed by atoms with E-state index in [-0.39, 0.29) is 0 Å². The van der Waals surface area contributed by atoms with Crippen molar-refractivity contribution in [3.05, 3.63) is 47.1 Å². The quantitative estimate of drug-likeness (QED) is 0.357. The fourth-order valence-electron chi connectivity index (χ4n) is 5.32. The Hall–Kier alpha value is -2.52. The number of thiazole rings is 1. The lowest BCUT2D eigenvalue weighted by Gasteiger charge is -2.34. The minimum absolute atomic E-state index is 0.328. The van der Waals surface area contributed by atoms with Crippen LogP contribution in [0.25, 0.3) is 21.8 Å². The Labute approximate surface area is 213 Å². The fourth-order valence-corrected chi connectivity index (χ4v) is 6.52. The van der Waals surface area contributed by atoms with Crippen molar-refractivity contribution < 1.29 is 18.3 Å². The summed E-state index contributed by atoms with van der Waals surface area (Å²) in [5.41, 5.74) is -0.445. The number of benzene rings is 1. The molecular formula is C27H31F3N4OS. The Morgan fingerprint density at radius 1 is 1.08 bits per heavy atom. The van der Waals surface area contributed by atoms with Crippen LogP contribution in [0.1, 0.15) is 75.3 Å². The molecule has 9 heteroatoms. The highest BCUT2D eigenvalue weighted by Gasteiger charge is 2.38. The molecule has 1 aromatic carbocycles. The fraction of sp³-hybridized carbons (Fsp3) is 0.519. The first-order valence-corrected chi connectivity index (χ1v) is 13.6. The second-order valence-electron chi connectivity index (χ2n) is 10.0. The van der Waals surface area contributed by atoms with E-state index in [1.165, 1.54) is 30.2 Å². The van der Waals surface area contributed by atoms with Crippen molar-refractivity contribution in [1.82, 2.24) is 15.0 Å². The summed E-state index contributed by atoms with van der Waals surface area (Å²) in [5.74, 6) is 1.09. The standard InChI is InChI=1S/C27H31F3N4OS/c1-2-17-10-13-26(35,14-11-17)24-34-22(18-6-5-7-19(16-18)27(28,29)30)23(36-24)21-12-15-31-25(33-21)32-20-8-3-4-9-20/h5-7,12,15-17,20,35H,2-4,8-11,13-14H2,1H3,(H,31,32,33). The molecule has 192 valence electrons. The molecule has 5 nitrogen and oxygen atoms in total. The molecule has 2 aliphatic carbocycles. The number of alkyl halides is 3. The van der Waals surface area contributed by atoms with Crippen LogP contribution in [0.15, 0.2) is 36.5 Å². The predicted octanol–water partition coefficient (Wildman–Crippen LogP) is 7.43. The minimum atomic E-state index is -4.46. The molecule has 2 heterocycles. The molecule has 0 unspecified atom stereocenters. The van der Waals surface area contributed by atoms with Gasteiger partial charge < -0.3 is 10.4 Å². The van der Waals surface area contributed by atoms with E-state index in [1.54, 1.807) is 18.3 Å². The van der Waals surface area contributed by atoms with Gasteiger partial charge >= 0.3 is 6.18 Å². The van der Waals surface area contributed by atoms with Gasteiger partial charge in [-0.1, -0.05) is 38.3 Å². The average molecular weight is 517 g/mol. The normalized spacial score (nSPS) is 23.2. The summed E-state index contributed by atoms with van der Waals surface area (Å²) >= 11 is 1.33. The van der Waals surface area contributed by atoms with Crippen LogP contribution < -0.4 is 5.32 Å². The molecule has 2 N–H and O–H groups in total. The van der Waals surface area contributed by atoms with Crippen LogP contribution in [0, 0.1) is 5.92 Å². The van der Waals surface area contributed by atoms with Gasteiger partial charge in [0.25, 0.3) is 0 Å². The number of hydrogen-bond acceptors (Lipinski definition) is 6. The van der Waals surface area contributed by atoms with Crippen LogP contribution in [0.3, 0.4) is 0 Å². The van der Waals surface area contributed by atoms with Crippen LogP contribution in [-0.4, -0.2) is 26.1 Å². The number of halogens is 3. The van der Waals surface area contributed by atoms with E-state index in [9.17, 15) is 18.3 Å². The number of anilines is 1. The van der Waals surface area contributed by atoms with Crippen molar-refractivity contribution in [1.29, 1.82) is 0 Å². The van der Waals surface area contributed by atoms with Gasteiger partial charge in [0.2, 0.25) is 5.95 Å². The summed E-state index contributed by atoms with van der Waals surface area (Å²) in [5, 5.41) is 15.5. The largest absolute Gasteiger partial charge is 0.416 e. The highest BCUT2D eigenvalue weighted by molar-refractivity contribution is 7.15. The van der Waals surface area contributed by atoms with Crippen LogP contribution in [0.5, 0.6) is 0 Å². The van der Waals surface area contributed by atoms with Gasteiger partial charge in [-0.15, -0.1) is 11.3 Å². The summed E-state index contributed by atoms with van der Waals surface area (Å²) in [6, 6.07) is 7.30. The molecular weight excluding hydrogens is 485 g/mol. The van der Waals surface area contributed by atoms with Crippen LogP contribution in [-0.2, 0) is 11.8 Å². The molecule has 0 spiro atoms. The van der Waals surface area contributed by atoms with Crippen LogP contribution in [0.2, 0.25) is 0 Å². The lowest BCUT2D eigenvalue weighted by atomic mass is 9.78. The minimum Gasteiger partial charge on any atom is -0.383 e. The lowest BCUT2D eigenvalue weighted by Crippen LogP contribution is -2.31. The summed E-state index contributed by atoms with van der Waals surface area (Å²) in [7, 11) is 0. The molecule has 0 atom stereocenters. The number of aromatic nitrogens is 3. The van der Waals surface area contributed by atoms with Crippen molar-refractivity contribution in [2.75, 3.05) is 5.32 Å². The van der Waals surface area contributed by atoms with E-state index in [4.69, 9.17) is 9.97 Å². The molecule has 2 aromatic heterocycles. The smallest absolute Gasteiger partial charge is 0.383 e. The number of aliphatic hydroxyl groups is 1. The summed E-state index contributed by atoms with van der Waals surface area (Å²) in [6.45, 7) is 2.16. The lowest BCUT2D eigenvalue weighted by molar-refractivity contribution is -0.137. The van der Waals surface area contributed by atoms with Crippen LogP contribution in [0.4, 0.5) is 19.1 Å². The number of nitrogens with zero attached hydrogens (tertiary/aromatic N) is 3. The molecule has 2 saturated carbocycles. The van der Waals surface area contributed by atoms with Gasteiger partial charge in [0.15, 0.2) is 0 Å². The van der Waals surface area contributed by atoms with Gasteiger partial charge in [0.1, 0.15) is 10.6 Å². The van der Waals surface area contributed by atoms with E-state index in [2.05, 4.69) is 17.2 Å². The molecule has 0 amide bonds. The first-order chi connectivity index (χ1) is 17.2. The molecule has 2 aliphatic rings. The maximum absolute atomic E-state index is 13.5. The second-order valence-corrected chi connectivity index (χ2v) is 11.0. The molecule has 2 fully saturated rings. The highest BCUT2D eigenvalue weighted by Crippen LogP contribution is 2.46. The highest BCUT2D eigenvalue weighted by atomic mass is 32.1. The molecule has 5 rings (SSSR count). The Kier molecular flexibility index (Phi) is 7.05. The third-order valence-corrected chi connectivity index (χ3v) is 8.85. The molecule has 0 radical (unpaired) electrons. The van der Waals surface area contributed by atoms with Gasteiger partial charge in [0.05, 0.1) is 21.8 Å². The number of hydrogen-bond donors (Lipinski definition) is 2. The van der Waals surface area contributed by atoms with Gasteiger partial charge in [-0.2, -0.15) is 13.2 Å². The van der Waals surface area contributed by atoms with E-state index in [0.29, 0.717) is 57.6 Å². The first-order valence-electron chi connectivity index (χ1n) is 12.8. The zero-order valence-corrected chi connectivity index (χ0v) is 21.1. The third kappa shape index (κ3) is 5.27. The van der Waals surface area contributed by atoms with E-state index < -0.39 is 17.3 Å². The topological polar surface area (TPSA) is 70.9 Å². The number of rotatable bonds is 6. The monoisotopic (exact) mass is 516 g/mol. The SMILES string of the molecule is CCC1CCC(O)(c2nc(-c3cccc(C(F)(F)F)c3)c(-c3ccnc(NC4CCCC4)n3)s2)CC1. The predicted molar refractivity (Wildman–Crippen MR) is 136 cm³/mol. The summed E-state index contributed by atoms with van der Waals surface area (Å²) in [4.78, 5) is 14.5. The Morgan fingerprint density at radius 2 is 1.83 bits per heavy atom. The molecule has 0 bridgehead atoms. The van der Waals surface area contributed by atoms with Gasteiger partial charge in [-0.25, -0.2) is 15.0 Å². The van der Waals surface area contributed by atoms with Gasteiger partial charge in [-0.05, 0) is 62.6 Å². The Bertz CT molecular complexity index is 1200. The molecule has 36 heavy (non-hydrogen) atoms. The van der Waals surface area contributed by atoms with Gasteiger partial charge in [0, 0.05) is 17.8 Å². The van der Waals surface area contributed by atoms with Crippen molar-refractivity contribution in [2.45, 2.75) is 82.5 Å². The zero-order chi connectivity index (χ0) is 25.3. The third-order valence-electron chi connectivity index (χ3n) is 7.57. The summed E-state index contributed by atoms with van der Waals surface area (Å²) in [6.07, 6.45) is 5.77. The second kappa shape index (κ2) is 10.1. The first kappa shape index (κ1) is 25.1. The molecule has 0 saturated heterocycles. The zero-order valence-electron chi connectivity index (χ0n) is 20.3. The Morgan fingerprint density at radius 3 is 2.53 bits per heavy atom. The van der Waals surface area contributed by atoms with E-state index >= 15 is 0 Å². The van der Waals surface area contributed by atoms with Crippen molar-refractivity contribution in [3.8, 4) is 21.8 Å². The number of nitrogens with one attached hydrogen (secondary N) is 1. The molecule has 3 aromatic rings. The summed E-state index contributed by atoms with van der Waals surface area (Å²) < 4.78 is 40.5. The maximum atomic E-state index is 13.5. The van der Waals surface area contributed by atoms with Crippen molar-refractivity contribution in [3.63, 3.8) is 0 Å². The van der Waals surface area contributed by atoms with Crippen molar-refractivity contribution >= 4 is 17.3 Å². The molecule has 0 aliphatic heterocycles. The van der Waals surface area contributed by atoms with E-state index in [1.807, 2.05) is 0 Å². The average Bonchev–Trinajstić information content (AvgIpc) is 3.55. The van der Waals surface area contributed by atoms with Crippen LogP contribution >= 0.6 is 11.3 Å². The van der Waals surface area contributed by atoms with E-state index in [0.717, 1.165) is 44.2 Å².